The number of aromatic nitrogens is 3. The maximum atomic E-state index is 11.4. The van der Waals surface area contributed by atoms with Crippen molar-refractivity contribution in [3.05, 3.63) is 35.7 Å². The third kappa shape index (κ3) is 4.87. The van der Waals surface area contributed by atoms with Crippen LogP contribution in [0.25, 0.3) is 11.4 Å². The first-order valence-electron chi connectivity index (χ1n) is 6.82. The van der Waals surface area contributed by atoms with Gasteiger partial charge in [0.05, 0.1) is 37.6 Å². The number of nitriles is 1. The van der Waals surface area contributed by atoms with Crippen molar-refractivity contribution in [3.63, 3.8) is 0 Å². The number of nitrogens with one attached hydrogen (secondary N) is 1. The van der Waals surface area contributed by atoms with Crippen molar-refractivity contribution in [2.75, 3.05) is 13.7 Å². The Balaban J connectivity index is 0.00000288. The molecular weight excluding hydrogens is 323 g/mol. The molecule has 2 unspecified atom stereocenters. The van der Waals surface area contributed by atoms with Crippen molar-refractivity contribution in [1.82, 2.24) is 15.2 Å². The maximum Gasteiger partial charge on any atom is 1.00 e. The topological polar surface area (TPSA) is 124 Å². The standard InChI is InChI=1S/C15H16N4O4.Na/c1-9-3-5-10(6-4-9)13-17-14(19-18-13)12(15(20)21)11(7-16)8-23-22-2;/h3-6,11-12H,8H2,1-2H3,(H,20,21)(H,17,18,19);/q;+1/p-1. The number of aryl methyl sites for hydroxylation is 1. The number of carbonyl (C=O) groups excluding carboxylic acids is 1. The van der Waals surface area contributed by atoms with E-state index in [4.69, 9.17) is 5.26 Å². The van der Waals surface area contributed by atoms with E-state index in [1.807, 2.05) is 37.3 Å². The third-order valence-electron chi connectivity index (χ3n) is 3.29. The molecule has 0 aliphatic carbocycles. The van der Waals surface area contributed by atoms with Crippen LogP contribution in [0.5, 0.6) is 0 Å². The number of carbonyl (C=O) groups is 1. The van der Waals surface area contributed by atoms with Crippen LogP contribution in [0, 0.1) is 24.2 Å². The van der Waals surface area contributed by atoms with E-state index >= 15 is 0 Å². The largest absolute Gasteiger partial charge is 1.00 e. The van der Waals surface area contributed by atoms with Gasteiger partial charge in [-0.2, -0.15) is 10.4 Å². The van der Waals surface area contributed by atoms with Crippen molar-refractivity contribution in [3.8, 4) is 17.5 Å². The summed E-state index contributed by atoms with van der Waals surface area (Å²) >= 11 is 0. The van der Waals surface area contributed by atoms with Crippen LogP contribution in [0.1, 0.15) is 17.3 Å². The predicted octanol–water partition coefficient (Wildman–Crippen LogP) is -2.66. The summed E-state index contributed by atoms with van der Waals surface area (Å²) in [7, 11) is 1.27. The van der Waals surface area contributed by atoms with Crippen molar-refractivity contribution in [1.29, 1.82) is 5.26 Å². The minimum Gasteiger partial charge on any atom is -0.549 e. The van der Waals surface area contributed by atoms with Gasteiger partial charge in [0, 0.05) is 5.56 Å². The summed E-state index contributed by atoms with van der Waals surface area (Å²) in [4.78, 5) is 24.7. The molecule has 0 saturated heterocycles. The second-order valence-electron chi connectivity index (χ2n) is 4.89. The van der Waals surface area contributed by atoms with Gasteiger partial charge in [-0.3, -0.25) is 5.10 Å². The van der Waals surface area contributed by atoms with E-state index in [9.17, 15) is 9.90 Å². The number of hydrogen-bond acceptors (Lipinski definition) is 7. The van der Waals surface area contributed by atoms with E-state index in [0.717, 1.165) is 11.1 Å². The molecule has 24 heavy (non-hydrogen) atoms. The van der Waals surface area contributed by atoms with Gasteiger partial charge in [-0.25, -0.2) is 14.8 Å². The Kier molecular flexibility index (Phi) is 8.04. The summed E-state index contributed by atoms with van der Waals surface area (Å²) in [5.41, 5.74) is 1.82. The monoisotopic (exact) mass is 338 g/mol. The summed E-state index contributed by atoms with van der Waals surface area (Å²) in [6.07, 6.45) is 0. The minimum atomic E-state index is -1.44. The molecule has 0 amide bonds. The number of hydrogen-bond donors (Lipinski definition) is 1. The van der Waals surface area contributed by atoms with Crippen LogP contribution in [0.4, 0.5) is 0 Å². The Morgan fingerprint density at radius 1 is 1.42 bits per heavy atom. The zero-order chi connectivity index (χ0) is 16.8. The Hall–Kier alpha value is -1.76. The van der Waals surface area contributed by atoms with Crippen LogP contribution < -0.4 is 34.7 Å². The molecule has 1 N–H and O–H groups in total. The quantitative estimate of drug-likeness (QED) is 0.332. The molecule has 120 valence electrons. The molecule has 0 saturated carbocycles. The van der Waals surface area contributed by atoms with Gasteiger partial charge in [-0.05, 0) is 6.92 Å². The van der Waals surface area contributed by atoms with Gasteiger partial charge < -0.3 is 9.90 Å². The third-order valence-corrected chi connectivity index (χ3v) is 3.29. The zero-order valence-electron chi connectivity index (χ0n) is 13.6. The first-order valence-corrected chi connectivity index (χ1v) is 6.82. The summed E-state index contributed by atoms with van der Waals surface area (Å²) in [5, 5.41) is 27.1. The molecule has 2 atom stereocenters. The van der Waals surface area contributed by atoms with E-state index in [2.05, 4.69) is 25.0 Å². The van der Waals surface area contributed by atoms with E-state index in [1.54, 1.807) is 0 Å². The molecule has 0 aliphatic rings. The molecule has 2 rings (SSSR count). The molecule has 1 aromatic carbocycles. The van der Waals surface area contributed by atoms with Crippen LogP contribution in [0.2, 0.25) is 0 Å². The number of H-pyrrole nitrogens is 1. The normalized spacial score (nSPS) is 12.7. The van der Waals surface area contributed by atoms with Crippen LogP contribution in [0.3, 0.4) is 0 Å². The summed E-state index contributed by atoms with van der Waals surface area (Å²) in [6, 6.07) is 9.30. The number of aliphatic carboxylic acids is 1. The molecule has 1 aromatic heterocycles. The number of aromatic amines is 1. The van der Waals surface area contributed by atoms with Crippen LogP contribution in [0.15, 0.2) is 24.3 Å². The average Bonchev–Trinajstić information content (AvgIpc) is 3.00. The van der Waals surface area contributed by atoms with Gasteiger partial charge in [0.15, 0.2) is 5.82 Å². The molecule has 9 heteroatoms. The van der Waals surface area contributed by atoms with Gasteiger partial charge >= 0.3 is 29.6 Å². The molecule has 2 aromatic rings. The van der Waals surface area contributed by atoms with Crippen molar-refractivity contribution in [2.24, 2.45) is 5.92 Å². The molecular formula is C15H15N4NaO4. The van der Waals surface area contributed by atoms with E-state index in [-0.39, 0.29) is 42.0 Å². The SMILES string of the molecule is COOCC(C#N)C(C(=O)[O-])c1nc(-c2ccc(C)cc2)n[nH]1.[Na+]. The fourth-order valence-electron chi connectivity index (χ4n) is 2.06. The zero-order valence-corrected chi connectivity index (χ0v) is 15.6. The van der Waals surface area contributed by atoms with Gasteiger partial charge in [-0.15, -0.1) is 0 Å². The smallest absolute Gasteiger partial charge is 0.549 e. The number of carboxylic acid groups (broad SMARTS) is 1. The molecule has 1 heterocycles. The van der Waals surface area contributed by atoms with Crippen LogP contribution in [-0.2, 0) is 14.6 Å². The minimum absolute atomic E-state index is 0. The molecule has 8 nitrogen and oxygen atoms in total. The first kappa shape index (κ1) is 20.3. The summed E-state index contributed by atoms with van der Waals surface area (Å²) in [6.45, 7) is 1.72. The Bertz CT molecular complexity index is 711. The van der Waals surface area contributed by atoms with Gasteiger partial charge in [-0.1, -0.05) is 29.8 Å². The maximum absolute atomic E-state index is 11.4. The number of carboxylic acids is 1. The number of rotatable bonds is 7. The Morgan fingerprint density at radius 3 is 2.62 bits per heavy atom. The molecule has 0 bridgehead atoms. The van der Waals surface area contributed by atoms with E-state index in [1.165, 1.54) is 7.11 Å². The average molecular weight is 338 g/mol. The van der Waals surface area contributed by atoms with Crippen molar-refractivity contribution >= 4 is 5.97 Å². The molecule has 0 fully saturated rings. The molecule has 0 aliphatic heterocycles. The summed E-state index contributed by atoms with van der Waals surface area (Å²) < 4.78 is 0. The predicted molar refractivity (Wildman–Crippen MR) is 76.4 cm³/mol. The fourth-order valence-corrected chi connectivity index (χ4v) is 2.06. The second-order valence-corrected chi connectivity index (χ2v) is 4.89. The molecule has 0 spiro atoms. The van der Waals surface area contributed by atoms with Crippen molar-refractivity contribution < 1.29 is 49.2 Å². The first-order chi connectivity index (χ1) is 11.1. The number of benzene rings is 1. The van der Waals surface area contributed by atoms with Crippen LogP contribution in [-0.4, -0.2) is 34.9 Å². The second kappa shape index (κ2) is 9.52. The summed E-state index contributed by atoms with van der Waals surface area (Å²) in [5.74, 6) is -3.40. The van der Waals surface area contributed by atoms with Crippen molar-refractivity contribution in [2.45, 2.75) is 12.8 Å². The Labute approximate surface area is 161 Å². The van der Waals surface area contributed by atoms with E-state index in [0.29, 0.717) is 5.82 Å². The Morgan fingerprint density at radius 2 is 2.08 bits per heavy atom. The number of nitrogens with zero attached hydrogens (tertiary/aromatic N) is 3. The molecule has 0 radical (unpaired) electrons. The van der Waals surface area contributed by atoms with Gasteiger partial charge in [0.25, 0.3) is 0 Å². The van der Waals surface area contributed by atoms with E-state index < -0.39 is 17.8 Å². The van der Waals surface area contributed by atoms with Gasteiger partial charge in [0.1, 0.15) is 5.82 Å². The van der Waals surface area contributed by atoms with Gasteiger partial charge in [0.2, 0.25) is 0 Å². The fraction of sp³-hybridized carbons (Fsp3) is 0.333. The van der Waals surface area contributed by atoms with Crippen LogP contribution >= 0.6 is 0 Å².